The van der Waals surface area contributed by atoms with Crippen molar-refractivity contribution in [1.82, 2.24) is 0 Å². The third-order valence-electron chi connectivity index (χ3n) is 4.91. The fourth-order valence-corrected chi connectivity index (χ4v) is 4.37. The van der Waals surface area contributed by atoms with Gasteiger partial charge in [0.05, 0.1) is 17.2 Å². The van der Waals surface area contributed by atoms with E-state index in [4.69, 9.17) is 21.1 Å². The number of sulfonamides is 1. The van der Waals surface area contributed by atoms with Gasteiger partial charge in [0.25, 0.3) is 15.9 Å². The zero-order chi connectivity index (χ0) is 24.0. The van der Waals surface area contributed by atoms with Gasteiger partial charge < -0.3 is 14.8 Å². The minimum atomic E-state index is -3.74. The predicted molar refractivity (Wildman–Crippen MR) is 130 cm³/mol. The van der Waals surface area contributed by atoms with Gasteiger partial charge in [-0.25, -0.2) is 8.42 Å². The Morgan fingerprint density at radius 3 is 2.21 bits per heavy atom. The number of benzene rings is 3. The molecule has 0 unspecified atom stereocenters. The molecule has 0 bridgehead atoms. The van der Waals surface area contributed by atoms with Crippen LogP contribution in [0.1, 0.15) is 12.5 Å². The number of amides is 1. The zero-order valence-corrected chi connectivity index (χ0v) is 20.1. The van der Waals surface area contributed by atoms with Crippen LogP contribution in [-0.4, -0.2) is 34.6 Å². The Labute approximate surface area is 198 Å². The average molecular weight is 489 g/mol. The van der Waals surface area contributed by atoms with Gasteiger partial charge in [0.15, 0.2) is 6.61 Å². The Balaban J connectivity index is 1.62. The van der Waals surface area contributed by atoms with Crippen LogP contribution in [-0.2, 0) is 14.8 Å². The van der Waals surface area contributed by atoms with Crippen LogP contribution in [0.15, 0.2) is 71.6 Å². The third kappa shape index (κ3) is 5.97. The number of anilines is 2. The van der Waals surface area contributed by atoms with E-state index in [1.165, 1.54) is 23.5 Å². The molecule has 3 aromatic carbocycles. The SMILES string of the molecule is CCOc1ccc(S(=O)(=O)N(C)c2ccc(OCC(=O)Nc3cccc(Cl)c3C)cc2)cc1. The Kier molecular flexibility index (Phi) is 7.84. The second kappa shape index (κ2) is 10.6. The maximum Gasteiger partial charge on any atom is 0.264 e. The van der Waals surface area contributed by atoms with Crippen molar-refractivity contribution < 1.29 is 22.7 Å². The summed E-state index contributed by atoms with van der Waals surface area (Å²) in [6.07, 6.45) is 0. The van der Waals surface area contributed by atoms with Crippen molar-refractivity contribution in [3.05, 3.63) is 77.3 Å². The van der Waals surface area contributed by atoms with E-state index in [0.717, 1.165) is 5.56 Å². The summed E-state index contributed by atoms with van der Waals surface area (Å²) < 4.78 is 37.9. The molecule has 7 nitrogen and oxygen atoms in total. The quantitative estimate of drug-likeness (QED) is 0.463. The molecule has 1 amide bonds. The number of halogens is 1. The van der Waals surface area contributed by atoms with E-state index in [1.54, 1.807) is 54.6 Å². The van der Waals surface area contributed by atoms with E-state index in [9.17, 15) is 13.2 Å². The molecule has 0 atom stereocenters. The van der Waals surface area contributed by atoms with Gasteiger partial charge in [-0.05, 0) is 80.1 Å². The molecule has 0 saturated heterocycles. The van der Waals surface area contributed by atoms with Crippen LogP contribution in [0.25, 0.3) is 0 Å². The summed E-state index contributed by atoms with van der Waals surface area (Å²) in [5.41, 5.74) is 1.84. The summed E-state index contributed by atoms with van der Waals surface area (Å²) in [6, 6.07) is 18.0. The summed E-state index contributed by atoms with van der Waals surface area (Å²) in [5.74, 6) is 0.707. The summed E-state index contributed by atoms with van der Waals surface area (Å²) in [5, 5.41) is 3.32. The second-order valence-electron chi connectivity index (χ2n) is 7.12. The third-order valence-corrected chi connectivity index (χ3v) is 7.11. The maximum atomic E-state index is 12.9. The van der Waals surface area contributed by atoms with E-state index in [2.05, 4.69) is 5.32 Å². The molecule has 0 aliphatic carbocycles. The number of nitrogens with zero attached hydrogens (tertiary/aromatic N) is 1. The van der Waals surface area contributed by atoms with Gasteiger partial charge in [0.1, 0.15) is 11.5 Å². The highest BCUT2D eigenvalue weighted by Crippen LogP contribution is 2.26. The van der Waals surface area contributed by atoms with E-state index >= 15 is 0 Å². The van der Waals surface area contributed by atoms with Crippen molar-refractivity contribution in [2.24, 2.45) is 0 Å². The Hall–Kier alpha value is -3.23. The largest absolute Gasteiger partial charge is 0.494 e. The number of carbonyl (C=O) groups is 1. The molecule has 0 aliphatic heterocycles. The normalized spacial score (nSPS) is 11.0. The van der Waals surface area contributed by atoms with Gasteiger partial charge in [0.2, 0.25) is 0 Å². The molecular weight excluding hydrogens is 464 g/mol. The average Bonchev–Trinajstić information content (AvgIpc) is 2.81. The first-order valence-electron chi connectivity index (χ1n) is 10.2. The summed E-state index contributed by atoms with van der Waals surface area (Å²) >= 11 is 6.07. The first-order chi connectivity index (χ1) is 15.7. The lowest BCUT2D eigenvalue weighted by Gasteiger charge is -2.20. The smallest absolute Gasteiger partial charge is 0.264 e. The number of rotatable bonds is 9. The topological polar surface area (TPSA) is 84.9 Å². The van der Waals surface area contributed by atoms with Crippen molar-refractivity contribution in [1.29, 1.82) is 0 Å². The summed E-state index contributed by atoms with van der Waals surface area (Å²) in [4.78, 5) is 12.4. The molecule has 33 heavy (non-hydrogen) atoms. The van der Waals surface area contributed by atoms with Crippen LogP contribution in [0.5, 0.6) is 11.5 Å². The van der Waals surface area contributed by atoms with Gasteiger partial charge in [0, 0.05) is 17.8 Å². The van der Waals surface area contributed by atoms with Gasteiger partial charge >= 0.3 is 0 Å². The molecular formula is C24H25ClN2O5S. The highest BCUT2D eigenvalue weighted by atomic mass is 35.5. The predicted octanol–water partition coefficient (Wildman–Crippen LogP) is 4.89. The van der Waals surface area contributed by atoms with Crippen molar-refractivity contribution in [2.75, 3.05) is 29.9 Å². The van der Waals surface area contributed by atoms with Gasteiger partial charge in [-0.1, -0.05) is 17.7 Å². The Morgan fingerprint density at radius 1 is 0.970 bits per heavy atom. The molecule has 0 radical (unpaired) electrons. The Bertz CT molecular complexity index is 1210. The molecule has 1 N–H and O–H groups in total. The Morgan fingerprint density at radius 2 is 1.58 bits per heavy atom. The molecule has 3 rings (SSSR count). The van der Waals surface area contributed by atoms with Crippen LogP contribution in [0, 0.1) is 6.92 Å². The number of carbonyl (C=O) groups excluding carboxylic acids is 1. The standard InChI is InChI=1S/C24H25ClN2O5S/c1-4-31-19-12-14-21(15-13-19)33(29,30)27(3)18-8-10-20(11-9-18)32-16-24(28)26-23-7-5-6-22(25)17(23)2/h5-15H,4,16H2,1-3H3,(H,26,28). The van der Waals surface area contributed by atoms with Crippen LogP contribution in [0.2, 0.25) is 5.02 Å². The van der Waals surface area contributed by atoms with E-state index in [-0.39, 0.29) is 17.4 Å². The molecule has 0 heterocycles. The van der Waals surface area contributed by atoms with E-state index < -0.39 is 10.0 Å². The van der Waals surface area contributed by atoms with Crippen molar-refractivity contribution in [2.45, 2.75) is 18.7 Å². The van der Waals surface area contributed by atoms with Gasteiger partial charge in [-0.3, -0.25) is 9.10 Å². The summed E-state index contributed by atoms with van der Waals surface area (Å²) in [7, 11) is -2.27. The molecule has 0 fully saturated rings. The van der Waals surface area contributed by atoms with Crippen LogP contribution < -0.4 is 19.1 Å². The lowest BCUT2D eigenvalue weighted by molar-refractivity contribution is -0.118. The minimum absolute atomic E-state index is 0.154. The molecule has 9 heteroatoms. The lowest BCUT2D eigenvalue weighted by Crippen LogP contribution is -2.26. The van der Waals surface area contributed by atoms with Crippen LogP contribution in [0.3, 0.4) is 0 Å². The van der Waals surface area contributed by atoms with E-state index in [1.807, 2.05) is 13.8 Å². The highest BCUT2D eigenvalue weighted by molar-refractivity contribution is 7.92. The second-order valence-corrected chi connectivity index (χ2v) is 9.50. The maximum absolute atomic E-state index is 12.9. The fraction of sp³-hybridized carbons (Fsp3) is 0.208. The van der Waals surface area contributed by atoms with Crippen molar-refractivity contribution in [3.8, 4) is 11.5 Å². The first-order valence-corrected chi connectivity index (χ1v) is 12.0. The minimum Gasteiger partial charge on any atom is -0.494 e. The summed E-state index contributed by atoms with van der Waals surface area (Å²) in [6.45, 7) is 3.97. The number of nitrogens with one attached hydrogen (secondary N) is 1. The number of hydrogen-bond donors (Lipinski definition) is 1. The zero-order valence-electron chi connectivity index (χ0n) is 18.5. The lowest BCUT2D eigenvalue weighted by atomic mass is 10.2. The van der Waals surface area contributed by atoms with Crippen molar-refractivity contribution >= 4 is 38.9 Å². The molecule has 0 aromatic heterocycles. The van der Waals surface area contributed by atoms with Crippen molar-refractivity contribution in [3.63, 3.8) is 0 Å². The molecule has 174 valence electrons. The monoisotopic (exact) mass is 488 g/mol. The molecule has 0 aliphatic rings. The molecule has 0 spiro atoms. The molecule has 0 saturated carbocycles. The number of hydrogen-bond acceptors (Lipinski definition) is 5. The molecule has 3 aromatic rings. The number of ether oxygens (including phenoxy) is 2. The van der Waals surface area contributed by atoms with Crippen LogP contribution >= 0.6 is 11.6 Å². The highest BCUT2D eigenvalue weighted by Gasteiger charge is 2.21. The fourth-order valence-electron chi connectivity index (χ4n) is 3.00. The first kappa shape index (κ1) is 24.4. The van der Waals surface area contributed by atoms with Gasteiger partial charge in [-0.2, -0.15) is 0 Å². The van der Waals surface area contributed by atoms with Crippen LogP contribution in [0.4, 0.5) is 11.4 Å². The van der Waals surface area contributed by atoms with Gasteiger partial charge in [-0.15, -0.1) is 0 Å². The van der Waals surface area contributed by atoms with E-state index in [0.29, 0.717) is 34.5 Å².